The number of hydrogen-bond acceptors (Lipinski definition) is 3. The molecule has 1 aromatic carbocycles. The number of nitrogens with zero attached hydrogens (tertiary/aromatic N) is 1. The van der Waals surface area contributed by atoms with Crippen LogP contribution in [-0.4, -0.2) is 42.4 Å². The molecule has 5 heteroatoms. The summed E-state index contributed by atoms with van der Waals surface area (Å²) in [4.78, 5) is 26.7. The van der Waals surface area contributed by atoms with Gasteiger partial charge in [0, 0.05) is 11.7 Å². The number of aryl methyl sites for hydroxylation is 2. The maximum atomic E-state index is 12.5. The van der Waals surface area contributed by atoms with Crippen molar-refractivity contribution < 1.29 is 9.59 Å². The monoisotopic (exact) mass is 359 g/mol. The number of rotatable bonds is 6. The zero-order valence-corrected chi connectivity index (χ0v) is 16.6. The van der Waals surface area contributed by atoms with Gasteiger partial charge in [-0.25, -0.2) is 0 Å². The highest BCUT2D eigenvalue weighted by atomic mass is 16.2. The highest BCUT2D eigenvalue weighted by Crippen LogP contribution is 2.19. The minimum Gasteiger partial charge on any atom is -0.352 e. The Kier molecular flexibility index (Phi) is 7.64. The molecule has 1 aliphatic carbocycles. The van der Waals surface area contributed by atoms with Crippen LogP contribution >= 0.6 is 0 Å². The van der Waals surface area contributed by atoms with Crippen molar-refractivity contribution in [3.05, 3.63) is 29.3 Å². The molecule has 144 valence electrons. The van der Waals surface area contributed by atoms with Gasteiger partial charge in [-0.2, -0.15) is 0 Å². The summed E-state index contributed by atoms with van der Waals surface area (Å²) in [5.74, 6) is -0.0849. The van der Waals surface area contributed by atoms with Gasteiger partial charge in [-0.05, 0) is 51.8 Å². The van der Waals surface area contributed by atoms with E-state index in [2.05, 4.69) is 10.6 Å². The van der Waals surface area contributed by atoms with Crippen LogP contribution in [0, 0.1) is 13.8 Å². The van der Waals surface area contributed by atoms with Crippen molar-refractivity contribution in [1.82, 2.24) is 10.2 Å². The van der Waals surface area contributed by atoms with Gasteiger partial charge in [-0.1, -0.05) is 43.9 Å². The summed E-state index contributed by atoms with van der Waals surface area (Å²) in [7, 11) is 1.82. The third-order valence-corrected chi connectivity index (χ3v) is 5.38. The van der Waals surface area contributed by atoms with Crippen LogP contribution in [0.1, 0.15) is 56.6 Å². The van der Waals surface area contributed by atoms with Crippen LogP contribution in [0.4, 0.5) is 5.69 Å². The number of amides is 2. The fourth-order valence-corrected chi connectivity index (χ4v) is 3.50. The van der Waals surface area contributed by atoms with Crippen molar-refractivity contribution in [2.45, 2.75) is 71.4 Å². The molecule has 2 rings (SSSR count). The molecule has 1 aliphatic rings. The quantitative estimate of drug-likeness (QED) is 0.765. The highest BCUT2D eigenvalue weighted by molar-refractivity contribution is 5.94. The molecule has 2 N–H and O–H groups in total. The second-order valence-corrected chi connectivity index (χ2v) is 7.60. The molecular formula is C21H33N3O2. The number of nitrogens with one attached hydrogen (secondary N) is 2. The lowest BCUT2D eigenvalue weighted by Crippen LogP contribution is -2.48. The van der Waals surface area contributed by atoms with Gasteiger partial charge in [-0.15, -0.1) is 0 Å². The first-order valence-electron chi connectivity index (χ1n) is 9.75. The van der Waals surface area contributed by atoms with Crippen LogP contribution in [0.3, 0.4) is 0 Å². The molecule has 0 spiro atoms. The van der Waals surface area contributed by atoms with Crippen molar-refractivity contribution in [1.29, 1.82) is 0 Å². The largest absolute Gasteiger partial charge is 0.352 e. The molecular weight excluding hydrogens is 326 g/mol. The van der Waals surface area contributed by atoms with Gasteiger partial charge in [0.15, 0.2) is 0 Å². The van der Waals surface area contributed by atoms with E-state index in [1.54, 1.807) is 4.90 Å². The van der Waals surface area contributed by atoms with Crippen molar-refractivity contribution in [2.75, 3.05) is 18.9 Å². The molecule has 26 heavy (non-hydrogen) atoms. The molecule has 0 bridgehead atoms. The van der Waals surface area contributed by atoms with E-state index in [9.17, 15) is 9.59 Å². The Morgan fingerprint density at radius 1 is 1.12 bits per heavy atom. The summed E-state index contributed by atoms with van der Waals surface area (Å²) in [6.45, 7) is 6.01. The van der Waals surface area contributed by atoms with E-state index in [1.807, 2.05) is 46.0 Å². The minimum absolute atomic E-state index is 0.0132. The molecule has 1 fully saturated rings. The van der Waals surface area contributed by atoms with E-state index in [0.29, 0.717) is 0 Å². The van der Waals surface area contributed by atoms with E-state index >= 15 is 0 Å². The summed E-state index contributed by atoms with van der Waals surface area (Å²) in [5, 5.41) is 6.15. The first-order chi connectivity index (χ1) is 12.4. The number of carbonyl (C=O) groups is 2. The molecule has 0 saturated heterocycles. The summed E-state index contributed by atoms with van der Waals surface area (Å²) in [5.41, 5.74) is 2.95. The number of para-hydroxylation sites is 1. The number of benzene rings is 1. The van der Waals surface area contributed by atoms with Crippen molar-refractivity contribution in [3.8, 4) is 0 Å². The van der Waals surface area contributed by atoms with Crippen LogP contribution in [0.5, 0.6) is 0 Å². The Morgan fingerprint density at radius 2 is 1.69 bits per heavy atom. The average molecular weight is 360 g/mol. The zero-order valence-electron chi connectivity index (χ0n) is 16.6. The first-order valence-corrected chi connectivity index (χ1v) is 9.75. The van der Waals surface area contributed by atoms with Crippen LogP contribution in [0.15, 0.2) is 18.2 Å². The standard InChI is InChI=1S/C21H33N3O2/c1-15-10-9-11-16(2)20(15)23-19(25)14-24(4)17(3)21(26)22-18-12-7-5-6-8-13-18/h9-11,17-18H,5-8,12-14H2,1-4H3,(H,22,26)(H,23,25). The van der Waals surface area contributed by atoms with Gasteiger partial charge in [-0.3, -0.25) is 14.5 Å². The molecule has 5 nitrogen and oxygen atoms in total. The number of likely N-dealkylation sites (N-methyl/N-ethyl adjacent to an activating group) is 1. The number of anilines is 1. The molecule has 0 radical (unpaired) electrons. The topological polar surface area (TPSA) is 61.4 Å². The van der Waals surface area contributed by atoms with Gasteiger partial charge in [0.2, 0.25) is 11.8 Å². The predicted octanol–water partition coefficient (Wildman–Crippen LogP) is 3.40. The maximum Gasteiger partial charge on any atom is 0.238 e. The molecule has 1 aromatic rings. The summed E-state index contributed by atoms with van der Waals surface area (Å²) >= 11 is 0. The molecule has 0 aliphatic heterocycles. The Hall–Kier alpha value is -1.88. The fourth-order valence-electron chi connectivity index (χ4n) is 3.50. The molecule has 1 atom stereocenters. The van der Waals surface area contributed by atoms with Crippen LogP contribution in [0.2, 0.25) is 0 Å². The van der Waals surface area contributed by atoms with E-state index in [-0.39, 0.29) is 30.4 Å². The van der Waals surface area contributed by atoms with Gasteiger partial charge in [0.25, 0.3) is 0 Å². The summed E-state index contributed by atoms with van der Waals surface area (Å²) in [6.07, 6.45) is 7.03. The molecule has 1 saturated carbocycles. The SMILES string of the molecule is Cc1cccc(C)c1NC(=O)CN(C)C(C)C(=O)NC1CCCCCC1. The Morgan fingerprint density at radius 3 is 2.27 bits per heavy atom. The number of carbonyl (C=O) groups excluding carboxylic acids is 2. The Bertz CT molecular complexity index is 601. The summed E-state index contributed by atoms with van der Waals surface area (Å²) < 4.78 is 0. The van der Waals surface area contributed by atoms with E-state index in [1.165, 1.54) is 25.7 Å². The zero-order chi connectivity index (χ0) is 19.1. The molecule has 1 unspecified atom stereocenters. The maximum absolute atomic E-state index is 12.5. The van der Waals surface area contributed by atoms with Gasteiger partial charge < -0.3 is 10.6 Å². The Balaban J connectivity index is 1.86. The second-order valence-electron chi connectivity index (χ2n) is 7.60. The second kappa shape index (κ2) is 9.72. The van der Waals surface area contributed by atoms with Crippen molar-refractivity contribution >= 4 is 17.5 Å². The minimum atomic E-state index is -0.332. The van der Waals surface area contributed by atoms with Crippen LogP contribution in [0.25, 0.3) is 0 Å². The molecule has 0 aromatic heterocycles. The summed E-state index contributed by atoms with van der Waals surface area (Å²) in [6, 6.07) is 5.89. The number of hydrogen-bond donors (Lipinski definition) is 2. The lowest BCUT2D eigenvalue weighted by molar-refractivity contribution is -0.127. The smallest absolute Gasteiger partial charge is 0.238 e. The first kappa shape index (κ1) is 20.4. The van der Waals surface area contributed by atoms with Crippen LogP contribution < -0.4 is 10.6 Å². The van der Waals surface area contributed by atoms with E-state index in [4.69, 9.17) is 0 Å². The lowest BCUT2D eigenvalue weighted by Gasteiger charge is -2.26. The highest BCUT2D eigenvalue weighted by Gasteiger charge is 2.23. The van der Waals surface area contributed by atoms with Gasteiger partial charge in [0.1, 0.15) is 0 Å². The predicted molar refractivity (Wildman–Crippen MR) is 106 cm³/mol. The Labute approximate surface area is 157 Å². The lowest BCUT2D eigenvalue weighted by atomic mass is 10.1. The molecule has 0 heterocycles. The third kappa shape index (κ3) is 5.84. The van der Waals surface area contributed by atoms with Crippen molar-refractivity contribution in [2.24, 2.45) is 0 Å². The fraction of sp³-hybridized carbons (Fsp3) is 0.619. The van der Waals surface area contributed by atoms with Crippen molar-refractivity contribution in [3.63, 3.8) is 0 Å². The van der Waals surface area contributed by atoms with Gasteiger partial charge >= 0.3 is 0 Å². The average Bonchev–Trinajstić information content (AvgIpc) is 2.86. The van der Waals surface area contributed by atoms with E-state index in [0.717, 1.165) is 29.7 Å². The third-order valence-electron chi connectivity index (χ3n) is 5.38. The molecule has 2 amide bonds. The van der Waals surface area contributed by atoms with Crippen LogP contribution in [-0.2, 0) is 9.59 Å². The van der Waals surface area contributed by atoms with Gasteiger partial charge in [0.05, 0.1) is 12.6 Å². The normalized spacial score (nSPS) is 16.8. The van der Waals surface area contributed by atoms with E-state index < -0.39 is 0 Å².